The Morgan fingerprint density at radius 3 is 2.72 bits per heavy atom. The molecule has 0 spiro atoms. The van der Waals surface area contributed by atoms with E-state index in [1.54, 1.807) is 0 Å². The van der Waals surface area contributed by atoms with Crippen LogP contribution in [0.2, 0.25) is 5.02 Å². The van der Waals surface area contributed by atoms with Crippen molar-refractivity contribution in [1.82, 2.24) is 10.6 Å². The van der Waals surface area contributed by atoms with Crippen LogP contribution in [0.1, 0.15) is 18.5 Å². The molecule has 1 heterocycles. The molecule has 5 nitrogen and oxygen atoms in total. The number of hydrogen-bond donors (Lipinski definition) is 2. The highest BCUT2D eigenvalue weighted by atomic mass is 35.5. The van der Waals surface area contributed by atoms with Gasteiger partial charge in [0.25, 0.3) is 0 Å². The molecular weight excluding hydrogens is 340 g/mol. The lowest BCUT2D eigenvalue weighted by atomic mass is 10.1. The smallest absolute Gasteiger partial charge is 0.234 e. The molecule has 1 aliphatic rings. The van der Waals surface area contributed by atoms with Crippen LogP contribution in [0.5, 0.6) is 11.5 Å². The quantitative estimate of drug-likeness (QED) is 0.831. The topological polar surface area (TPSA) is 59.6 Å². The average molecular weight is 361 g/mol. The summed E-state index contributed by atoms with van der Waals surface area (Å²) in [5, 5.41) is 6.73. The summed E-state index contributed by atoms with van der Waals surface area (Å²) in [7, 11) is 0. The number of rotatable bonds is 6. The fourth-order valence-corrected chi connectivity index (χ4v) is 2.94. The van der Waals surface area contributed by atoms with Crippen LogP contribution in [0, 0.1) is 0 Å². The van der Waals surface area contributed by atoms with Gasteiger partial charge in [0.2, 0.25) is 5.91 Å². The normalized spacial score (nSPS) is 17.0. The highest BCUT2D eigenvalue weighted by Crippen LogP contribution is 2.30. The summed E-state index contributed by atoms with van der Waals surface area (Å²) in [6.45, 7) is 3.00. The molecular formula is C19H21ClN2O3. The third kappa shape index (κ3) is 4.65. The van der Waals surface area contributed by atoms with Gasteiger partial charge in [-0.05, 0) is 30.7 Å². The third-order valence-corrected chi connectivity index (χ3v) is 4.38. The SMILES string of the molecule is CC(NCC(=O)NCC1COc2ccccc2O1)c1ccccc1Cl. The molecule has 2 unspecified atom stereocenters. The summed E-state index contributed by atoms with van der Waals surface area (Å²) >= 11 is 6.17. The molecule has 2 atom stereocenters. The molecule has 6 heteroatoms. The number of fused-ring (bicyclic) bond motifs is 1. The van der Waals surface area contributed by atoms with E-state index in [-0.39, 0.29) is 24.6 Å². The van der Waals surface area contributed by atoms with Gasteiger partial charge >= 0.3 is 0 Å². The summed E-state index contributed by atoms with van der Waals surface area (Å²) in [6, 6.07) is 15.1. The monoisotopic (exact) mass is 360 g/mol. The van der Waals surface area contributed by atoms with Crippen molar-refractivity contribution in [2.24, 2.45) is 0 Å². The Morgan fingerprint density at radius 1 is 1.20 bits per heavy atom. The minimum Gasteiger partial charge on any atom is -0.486 e. The van der Waals surface area contributed by atoms with Crippen LogP contribution >= 0.6 is 11.6 Å². The van der Waals surface area contributed by atoms with Crippen molar-refractivity contribution in [3.8, 4) is 11.5 Å². The standard InChI is InChI=1S/C19H21ClN2O3/c1-13(15-6-2-3-7-16(15)20)21-11-19(23)22-10-14-12-24-17-8-4-5-9-18(17)25-14/h2-9,13-14,21H,10-12H2,1H3,(H,22,23). The average Bonchev–Trinajstić information content (AvgIpc) is 2.64. The summed E-state index contributed by atoms with van der Waals surface area (Å²) in [5.41, 5.74) is 0.970. The van der Waals surface area contributed by atoms with Gasteiger partial charge in [0.05, 0.1) is 13.1 Å². The van der Waals surface area contributed by atoms with Crippen molar-refractivity contribution >= 4 is 17.5 Å². The van der Waals surface area contributed by atoms with Crippen molar-refractivity contribution in [2.45, 2.75) is 19.1 Å². The van der Waals surface area contributed by atoms with Crippen LogP contribution < -0.4 is 20.1 Å². The molecule has 1 amide bonds. The van der Waals surface area contributed by atoms with Gasteiger partial charge in [-0.2, -0.15) is 0 Å². The first-order valence-corrected chi connectivity index (χ1v) is 8.64. The van der Waals surface area contributed by atoms with E-state index in [1.165, 1.54) is 0 Å². The first-order chi connectivity index (χ1) is 12.1. The molecule has 0 saturated heterocycles. The van der Waals surface area contributed by atoms with E-state index in [1.807, 2.05) is 55.5 Å². The number of carbonyl (C=O) groups excluding carboxylic acids is 1. The van der Waals surface area contributed by atoms with Crippen LogP contribution in [-0.2, 0) is 4.79 Å². The van der Waals surface area contributed by atoms with E-state index in [0.717, 1.165) is 11.3 Å². The molecule has 2 N–H and O–H groups in total. The van der Waals surface area contributed by atoms with Gasteiger partial charge in [0.15, 0.2) is 11.5 Å². The molecule has 3 rings (SSSR count). The number of nitrogens with one attached hydrogen (secondary N) is 2. The zero-order chi connectivity index (χ0) is 17.6. The number of halogens is 1. The van der Waals surface area contributed by atoms with Crippen molar-refractivity contribution in [3.05, 3.63) is 59.1 Å². The highest BCUT2D eigenvalue weighted by molar-refractivity contribution is 6.31. The van der Waals surface area contributed by atoms with Gasteiger partial charge in [0.1, 0.15) is 12.7 Å². The van der Waals surface area contributed by atoms with Crippen molar-refractivity contribution in [3.63, 3.8) is 0 Å². The van der Waals surface area contributed by atoms with Gasteiger partial charge in [0, 0.05) is 11.1 Å². The lowest BCUT2D eigenvalue weighted by molar-refractivity contribution is -0.120. The van der Waals surface area contributed by atoms with Crippen LogP contribution in [0.15, 0.2) is 48.5 Å². The second-order valence-corrected chi connectivity index (χ2v) is 6.33. The number of benzene rings is 2. The van der Waals surface area contributed by atoms with Gasteiger partial charge in [-0.1, -0.05) is 41.9 Å². The molecule has 0 aliphatic carbocycles. The van der Waals surface area contributed by atoms with Gasteiger partial charge in [-0.15, -0.1) is 0 Å². The summed E-state index contributed by atoms with van der Waals surface area (Å²) < 4.78 is 11.4. The maximum Gasteiger partial charge on any atom is 0.234 e. The number of carbonyl (C=O) groups is 1. The Morgan fingerprint density at radius 2 is 1.92 bits per heavy atom. The minimum atomic E-state index is -0.195. The van der Waals surface area contributed by atoms with Crippen LogP contribution in [0.4, 0.5) is 0 Å². The van der Waals surface area contributed by atoms with Gasteiger partial charge in [-0.25, -0.2) is 0 Å². The largest absolute Gasteiger partial charge is 0.486 e. The highest BCUT2D eigenvalue weighted by Gasteiger charge is 2.21. The first-order valence-electron chi connectivity index (χ1n) is 8.26. The lowest BCUT2D eigenvalue weighted by Crippen LogP contribution is -2.43. The predicted octanol–water partition coefficient (Wildman–Crippen LogP) is 2.95. The Bertz CT molecular complexity index is 738. The minimum absolute atomic E-state index is 0.0133. The molecule has 2 aromatic rings. The fourth-order valence-electron chi connectivity index (χ4n) is 2.64. The van der Waals surface area contributed by atoms with Crippen LogP contribution in [0.25, 0.3) is 0 Å². The molecule has 1 aliphatic heterocycles. The van der Waals surface area contributed by atoms with E-state index in [4.69, 9.17) is 21.1 Å². The Hall–Kier alpha value is -2.24. The Labute approximate surface area is 152 Å². The second-order valence-electron chi connectivity index (χ2n) is 5.93. The van der Waals surface area contributed by atoms with Crippen LogP contribution in [-0.4, -0.2) is 31.7 Å². The zero-order valence-corrected chi connectivity index (χ0v) is 14.8. The lowest BCUT2D eigenvalue weighted by Gasteiger charge is -2.26. The van der Waals surface area contributed by atoms with Crippen molar-refractivity contribution in [2.75, 3.05) is 19.7 Å². The predicted molar refractivity (Wildman–Crippen MR) is 97.2 cm³/mol. The fraction of sp³-hybridized carbons (Fsp3) is 0.316. The van der Waals surface area contributed by atoms with E-state index in [0.29, 0.717) is 23.9 Å². The maximum atomic E-state index is 12.0. The maximum absolute atomic E-state index is 12.0. The molecule has 0 bridgehead atoms. The molecule has 0 aromatic heterocycles. The van der Waals surface area contributed by atoms with E-state index in [9.17, 15) is 4.79 Å². The molecule has 0 fully saturated rings. The molecule has 0 radical (unpaired) electrons. The molecule has 2 aromatic carbocycles. The third-order valence-electron chi connectivity index (χ3n) is 4.03. The van der Waals surface area contributed by atoms with E-state index in [2.05, 4.69) is 10.6 Å². The molecule has 132 valence electrons. The molecule has 0 saturated carbocycles. The van der Waals surface area contributed by atoms with Gasteiger partial charge in [-0.3, -0.25) is 4.79 Å². The first kappa shape index (κ1) is 17.6. The Balaban J connectivity index is 1.42. The Kier molecular flexibility index (Phi) is 5.79. The van der Waals surface area contributed by atoms with Crippen molar-refractivity contribution < 1.29 is 14.3 Å². The number of amides is 1. The van der Waals surface area contributed by atoms with Gasteiger partial charge < -0.3 is 20.1 Å². The summed E-state index contributed by atoms with van der Waals surface area (Å²) in [6.07, 6.45) is -0.195. The number of hydrogen-bond acceptors (Lipinski definition) is 4. The second kappa shape index (κ2) is 8.23. The molecule has 25 heavy (non-hydrogen) atoms. The summed E-state index contributed by atoms with van der Waals surface area (Å²) in [4.78, 5) is 12.0. The number of para-hydroxylation sites is 2. The van der Waals surface area contributed by atoms with E-state index >= 15 is 0 Å². The number of ether oxygens (including phenoxy) is 2. The zero-order valence-electron chi connectivity index (χ0n) is 14.0. The van der Waals surface area contributed by atoms with E-state index < -0.39 is 0 Å². The summed E-state index contributed by atoms with van der Waals surface area (Å²) in [5.74, 6) is 1.35. The van der Waals surface area contributed by atoms with Crippen molar-refractivity contribution in [1.29, 1.82) is 0 Å². The van der Waals surface area contributed by atoms with Crippen LogP contribution in [0.3, 0.4) is 0 Å².